The van der Waals surface area contributed by atoms with Crippen LogP contribution in [-0.4, -0.2) is 69.2 Å². The maximum Gasteiger partial charge on any atom is 0.132 e. The number of pyridine rings is 1. The molecule has 5 nitrogen and oxygen atoms in total. The lowest BCUT2D eigenvalue weighted by Crippen LogP contribution is -2.32. The van der Waals surface area contributed by atoms with Crippen LogP contribution in [0, 0.1) is 5.92 Å². The molecular weight excluding hydrogens is 524 g/mol. The van der Waals surface area contributed by atoms with Crippen LogP contribution in [0.2, 0.25) is 0 Å². The van der Waals surface area contributed by atoms with Crippen molar-refractivity contribution in [3.8, 4) is 0 Å². The van der Waals surface area contributed by atoms with E-state index in [2.05, 4.69) is 108 Å². The Labute approximate surface area is 251 Å². The van der Waals surface area contributed by atoms with Gasteiger partial charge in [-0.3, -0.25) is 4.98 Å². The summed E-state index contributed by atoms with van der Waals surface area (Å²) >= 11 is 1.88. The molecule has 1 aliphatic heterocycles. The van der Waals surface area contributed by atoms with Crippen molar-refractivity contribution in [2.75, 3.05) is 59.3 Å². The molecule has 3 aromatic carbocycles. The average molecular weight is 569 g/mol. The van der Waals surface area contributed by atoms with E-state index in [0.29, 0.717) is 12.5 Å². The molecule has 216 valence electrons. The third-order valence-corrected chi connectivity index (χ3v) is 8.24. The summed E-state index contributed by atoms with van der Waals surface area (Å²) in [7, 11) is 8.38. The predicted octanol–water partition coefficient (Wildman–Crippen LogP) is 7.41. The zero-order valence-corrected chi connectivity index (χ0v) is 26.1. The smallest absolute Gasteiger partial charge is 0.132 e. The van der Waals surface area contributed by atoms with Crippen LogP contribution in [0.25, 0.3) is 0 Å². The van der Waals surface area contributed by atoms with Crippen LogP contribution < -0.4 is 4.90 Å². The van der Waals surface area contributed by atoms with Gasteiger partial charge >= 0.3 is 0 Å². The zero-order valence-electron chi connectivity index (χ0n) is 25.3. The van der Waals surface area contributed by atoms with E-state index in [1.807, 2.05) is 68.5 Å². The SMILES string of the molecule is CC(CN(C)C)CN1c2ccccc2Sc2ccccc21.CN(C)CCOC(C)(c1ccccc1)c1ccccn1. The molecule has 2 unspecified atom stereocenters. The molecule has 1 aromatic heterocycles. The number of ether oxygens (including phenoxy) is 1. The van der Waals surface area contributed by atoms with Crippen LogP contribution in [0.1, 0.15) is 25.1 Å². The highest BCUT2D eigenvalue weighted by atomic mass is 32.2. The molecule has 2 heterocycles. The second-order valence-electron chi connectivity index (χ2n) is 11.3. The van der Waals surface area contributed by atoms with E-state index in [0.717, 1.165) is 30.9 Å². The van der Waals surface area contributed by atoms with E-state index < -0.39 is 5.60 Å². The number of para-hydroxylation sites is 2. The van der Waals surface area contributed by atoms with Crippen molar-refractivity contribution in [2.24, 2.45) is 5.92 Å². The summed E-state index contributed by atoms with van der Waals surface area (Å²) in [4.78, 5) is 14.1. The van der Waals surface area contributed by atoms with Gasteiger partial charge in [0.1, 0.15) is 5.60 Å². The Morgan fingerprint density at radius 2 is 1.37 bits per heavy atom. The normalized spacial score (nSPS) is 14.5. The minimum atomic E-state index is -0.515. The molecule has 4 aromatic rings. The topological polar surface area (TPSA) is 31.8 Å². The minimum Gasteiger partial charge on any atom is -0.363 e. The molecule has 5 rings (SSSR count). The Kier molecular flexibility index (Phi) is 11.0. The van der Waals surface area contributed by atoms with Crippen LogP contribution in [0.5, 0.6) is 0 Å². The lowest BCUT2D eigenvalue weighted by molar-refractivity contribution is -0.0131. The molecule has 0 amide bonds. The monoisotopic (exact) mass is 568 g/mol. The molecule has 0 radical (unpaired) electrons. The first-order valence-electron chi connectivity index (χ1n) is 14.3. The Balaban J connectivity index is 0.000000189. The molecule has 0 spiro atoms. The molecule has 1 aliphatic rings. The van der Waals surface area contributed by atoms with Crippen LogP contribution >= 0.6 is 11.8 Å². The van der Waals surface area contributed by atoms with Gasteiger partial charge in [-0.2, -0.15) is 0 Å². The number of hydrogen-bond acceptors (Lipinski definition) is 6. The summed E-state index contributed by atoms with van der Waals surface area (Å²) in [5.41, 5.74) is 4.22. The quantitative estimate of drug-likeness (QED) is 0.198. The Morgan fingerprint density at radius 1 is 0.780 bits per heavy atom. The highest BCUT2D eigenvalue weighted by Gasteiger charge is 2.31. The fourth-order valence-electron chi connectivity index (χ4n) is 5.11. The van der Waals surface area contributed by atoms with Crippen molar-refractivity contribution in [2.45, 2.75) is 29.2 Å². The number of rotatable bonds is 10. The van der Waals surface area contributed by atoms with Crippen LogP contribution in [0.3, 0.4) is 0 Å². The van der Waals surface area contributed by atoms with E-state index in [4.69, 9.17) is 4.74 Å². The lowest BCUT2D eigenvalue weighted by atomic mass is 9.91. The van der Waals surface area contributed by atoms with Gasteiger partial charge in [0.05, 0.1) is 23.7 Å². The second kappa shape index (κ2) is 14.6. The fourth-order valence-corrected chi connectivity index (χ4v) is 6.21. The van der Waals surface area contributed by atoms with Crippen molar-refractivity contribution in [1.29, 1.82) is 0 Å². The first kappa shape index (κ1) is 30.8. The number of anilines is 2. The summed E-state index contributed by atoms with van der Waals surface area (Å²) < 4.78 is 6.21. The van der Waals surface area contributed by atoms with Gasteiger partial charge in [0, 0.05) is 35.6 Å². The standard InChI is InChI=1S/C18H22N2S.C17H22N2O/c1-14(12-19(2)3)13-20-15-8-4-6-10-17(15)21-18-11-7-5-9-16(18)20;1-17(20-14-13-19(2)3,15-9-5-4-6-10-15)16-11-7-8-12-18-16/h4-11,14H,12-13H2,1-3H3;4-12H,13-14H2,1-3H3. The molecular formula is C35H44N4OS. The number of likely N-dealkylation sites (N-methyl/N-ethyl adjacent to an activating group) is 1. The van der Waals surface area contributed by atoms with E-state index in [9.17, 15) is 0 Å². The lowest BCUT2D eigenvalue weighted by Gasteiger charge is -2.35. The molecule has 0 saturated carbocycles. The van der Waals surface area contributed by atoms with Gasteiger partial charge in [0.15, 0.2) is 0 Å². The molecule has 0 N–H and O–H groups in total. The summed E-state index contributed by atoms with van der Waals surface area (Å²) in [6.45, 7) is 8.11. The molecule has 0 saturated heterocycles. The summed E-state index contributed by atoms with van der Waals surface area (Å²) in [5, 5.41) is 0. The number of aromatic nitrogens is 1. The summed E-state index contributed by atoms with van der Waals surface area (Å²) in [6, 6.07) is 33.6. The first-order chi connectivity index (χ1) is 19.8. The van der Waals surface area contributed by atoms with E-state index in [1.54, 1.807) is 0 Å². The van der Waals surface area contributed by atoms with Gasteiger partial charge in [-0.05, 0) is 83.0 Å². The number of hydrogen-bond donors (Lipinski definition) is 0. The van der Waals surface area contributed by atoms with E-state index in [1.165, 1.54) is 21.2 Å². The van der Waals surface area contributed by atoms with Crippen LogP contribution in [-0.2, 0) is 10.3 Å². The first-order valence-corrected chi connectivity index (χ1v) is 15.1. The molecule has 2 atom stereocenters. The van der Waals surface area contributed by atoms with E-state index in [-0.39, 0.29) is 0 Å². The Morgan fingerprint density at radius 3 is 1.93 bits per heavy atom. The van der Waals surface area contributed by atoms with Gasteiger partial charge in [-0.1, -0.05) is 79.3 Å². The number of benzene rings is 3. The molecule has 0 fully saturated rings. The maximum atomic E-state index is 6.21. The molecule has 6 heteroatoms. The maximum absolute atomic E-state index is 6.21. The van der Waals surface area contributed by atoms with Gasteiger partial charge < -0.3 is 19.4 Å². The minimum absolute atomic E-state index is 0.515. The molecule has 0 bridgehead atoms. The Hall–Kier alpha value is -3.16. The van der Waals surface area contributed by atoms with Gasteiger partial charge in [-0.25, -0.2) is 0 Å². The van der Waals surface area contributed by atoms with Gasteiger partial charge in [0.2, 0.25) is 0 Å². The number of fused-ring (bicyclic) bond motifs is 2. The highest BCUT2D eigenvalue weighted by molar-refractivity contribution is 7.99. The third-order valence-electron chi connectivity index (χ3n) is 7.11. The van der Waals surface area contributed by atoms with Crippen LogP contribution in [0.4, 0.5) is 11.4 Å². The highest BCUT2D eigenvalue weighted by Crippen LogP contribution is 2.48. The van der Waals surface area contributed by atoms with Crippen molar-refractivity contribution in [1.82, 2.24) is 14.8 Å². The van der Waals surface area contributed by atoms with Crippen molar-refractivity contribution >= 4 is 23.1 Å². The average Bonchev–Trinajstić information content (AvgIpc) is 2.97. The summed E-state index contributed by atoms with van der Waals surface area (Å²) in [6.07, 6.45) is 1.81. The van der Waals surface area contributed by atoms with Gasteiger partial charge in [-0.15, -0.1) is 0 Å². The van der Waals surface area contributed by atoms with Crippen molar-refractivity contribution in [3.63, 3.8) is 0 Å². The zero-order chi connectivity index (χ0) is 29.2. The third kappa shape index (κ3) is 8.20. The van der Waals surface area contributed by atoms with E-state index >= 15 is 0 Å². The fraction of sp³-hybridized carbons (Fsp3) is 0.343. The van der Waals surface area contributed by atoms with Crippen LogP contribution in [0.15, 0.2) is 113 Å². The molecule has 0 aliphatic carbocycles. The van der Waals surface area contributed by atoms with Gasteiger partial charge in [0.25, 0.3) is 0 Å². The summed E-state index contributed by atoms with van der Waals surface area (Å²) in [5.74, 6) is 0.615. The Bertz CT molecular complexity index is 1260. The van der Waals surface area contributed by atoms with Crippen molar-refractivity contribution < 1.29 is 4.74 Å². The second-order valence-corrected chi connectivity index (χ2v) is 12.4. The largest absolute Gasteiger partial charge is 0.363 e. The van der Waals surface area contributed by atoms with Crippen molar-refractivity contribution in [3.05, 3.63) is 115 Å². The predicted molar refractivity (Wildman–Crippen MR) is 173 cm³/mol. The molecule has 41 heavy (non-hydrogen) atoms. The number of nitrogens with zero attached hydrogens (tertiary/aromatic N) is 4.